The maximum absolute atomic E-state index is 12.8. The fraction of sp³-hybridized carbons (Fsp3) is 0.118. The van der Waals surface area contributed by atoms with Gasteiger partial charge in [0.25, 0.3) is 5.91 Å². The Morgan fingerprint density at radius 2 is 1.80 bits per heavy atom. The molecule has 0 radical (unpaired) electrons. The molecule has 0 saturated heterocycles. The van der Waals surface area contributed by atoms with Crippen LogP contribution in [0, 0.1) is 6.92 Å². The van der Waals surface area contributed by atoms with Gasteiger partial charge in [-0.25, -0.2) is 0 Å². The van der Waals surface area contributed by atoms with E-state index in [1.165, 1.54) is 5.56 Å². The SMILES string of the molecule is Cc1cccc(C(=O)Nc2cccc(N(C)c3ccc4c(C=C(Cc5ccccc5)C5=COCO5)[nH]nc4c3)c2)c1. The summed E-state index contributed by atoms with van der Waals surface area (Å²) >= 11 is 0. The standard InChI is InChI=1S/C34H30N4O3/c1-23-8-6-11-25(16-23)34(39)35-27-12-7-13-28(19-27)38(2)29-14-15-30-31(36-37-32(30)20-29)18-26(33-21-40-22-41-33)17-24-9-4-3-5-10-24/h3-16,18-21H,17,22H2,1-2H3,(H,35,39)(H,36,37). The fourth-order valence-corrected chi connectivity index (χ4v) is 4.88. The number of aromatic nitrogens is 2. The second kappa shape index (κ2) is 11.4. The van der Waals surface area contributed by atoms with Crippen molar-refractivity contribution in [1.82, 2.24) is 10.2 Å². The average molecular weight is 543 g/mol. The lowest BCUT2D eigenvalue weighted by atomic mass is 10.0. The highest BCUT2D eigenvalue weighted by molar-refractivity contribution is 6.04. The molecule has 2 N–H and O–H groups in total. The number of carbonyl (C=O) groups is 1. The van der Waals surface area contributed by atoms with Crippen molar-refractivity contribution in [1.29, 1.82) is 0 Å². The first kappa shape index (κ1) is 26.0. The number of anilines is 3. The molecule has 2 heterocycles. The highest BCUT2D eigenvalue weighted by atomic mass is 16.7. The topological polar surface area (TPSA) is 79.5 Å². The van der Waals surface area contributed by atoms with Gasteiger partial charge in [-0.05, 0) is 67.1 Å². The zero-order chi connectivity index (χ0) is 28.2. The van der Waals surface area contributed by atoms with E-state index >= 15 is 0 Å². The van der Waals surface area contributed by atoms with E-state index < -0.39 is 0 Å². The molecule has 7 heteroatoms. The predicted octanol–water partition coefficient (Wildman–Crippen LogP) is 7.36. The number of amides is 1. The number of aryl methyl sites for hydroxylation is 1. The smallest absolute Gasteiger partial charge is 0.255 e. The van der Waals surface area contributed by atoms with Crippen LogP contribution in [0.25, 0.3) is 17.0 Å². The number of nitrogens with one attached hydrogen (secondary N) is 2. The van der Waals surface area contributed by atoms with Gasteiger partial charge in [0.2, 0.25) is 6.79 Å². The van der Waals surface area contributed by atoms with Crippen LogP contribution in [0.3, 0.4) is 0 Å². The predicted molar refractivity (Wildman–Crippen MR) is 163 cm³/mol. The number of benzene rings is 4. The zero-order valence-electron chi connectivity index (χ0n) is 22.9. The quantitative estimate of drug-likeness (QED) is 0.214. The molecule has 0 bridgehead atoms. The Bertz CT molecular complexity index is 1770. The van der Waals surface area contributed by atoms with Crippen molar-refractivity contribution in [3.05, 3.63) is 137 Å². The van der Waals surface area contributed by atoms with Crippen LogP contribution in [-0.4, -0.2) is 29.9 Å². The van der Waals surface area contributed by atoms with Gasteiger partial charge in [-0.3, -0.25) is 9.89 Å². The molecule has 1 amide bonds. The van der Waals surface area contributed by atoms with Crippen LogP contribution in [0.5, 0.6) is 0 Å². The van der Waals surface area contributed by atoms with E-state index in [9.17, 15) is 4.79 Å². The lowest BCUT2D eigenvalue weighted by Gasteiger charge is -2.20. The molecule has 4 aromatic carbocycles. The number of rotatable bonds is 8. The van der Waals surface area contributed by atoms with Crippen LogP contribution in [0.1, 0.15) is 27.2 Å². The van der Waals surface area contributed by atoms with Crippen molar-refractivity contribution in [3.63, 3.8) is 0 Å². The summed E-state index contributed by atoms with van der Waals surface area (Å²) in [6, 6.07) is 31.8. The largest absolute Gasteiger partial charge is 0.461 e. The van der Waals surface area contributed by atoms with E-state index in [2.05, 4.69) is 50.8 Å². The third kappa shape index (κ3) is 5.84. The van der Waals surface area contributed by atoms with E-state index in [-0.39, 0.29) is 12.7 Å². The molecule has 0 fully saturated rings. The Labute approximate surface area is 238 Å². The summed E-state index contributed by atoms with van der Waals surface area (Å²) in [6.45, 7) is 2.19. The molecule has 41 heavy (non-hydrogen) atoms. The summed E-state index contributed by atoms with van der Waals surface area (Å²) in [6.07, 6.45) is 4.44. The minimum atomic E-state index is -0.135. The first-order valence-electron chi connectivity index (χ1n) is 13.4. The highest BCUT2D eigenvalue weighted by Gasteiger charge is 2.16. The van der Waals surface area contributed by atoms with Crippen LogP contribution in [0.15, 0.2) is 115 Å². The molecule has 1 aliphatic heterocycles. The van der Waals surface area contributed by atoms with Crippen LogP contribution in [-0.2, 0) is 15.9 Å². The molecular formula is C34H30N4O3. The number of allylic oxidation sites excluding steroid dienone is 1. The molecule has 5 aromatic rings. The Kier molecular flexibility index (Phi) is 7.24. The van der Waals surface area contributed by atoms with Gasteiger partial charge in [-0.15, -0.1) is 0 Å². The number of ether oxygens (including phenoxy) is 2. The van der Waals surface area contributed by atoms with Crippen LogP contribution < -0.4 is 10.2 Å². The minimum absolute atomic E-state index is 0.135. The van der Waals surface area contributed by atoms with Crippen molar-refractivity contribution in [2.75, 3.05) is 24.1 Å². The summed E-state index contributed by atoms with van der Waals surface area (Å²) in [7, 11) is 2.00. The van der Waals surface area contributed by atoms with Gasteiger partial charge in [0.15, 0.2) is 5.76 Å². The number of aromatic amines is 1. The Hall–Kier alpha value is -5.30. The summed E-state index contributed by atoms with van der Waals surface area (Å²) in [5.41, 5.74) is 8.26. The maximum atomic E-state index is 12.8. The van der Waals surface area contributed by atoms with Crippen molar-refractivity contribution in [2.24, 2.45) is 0 Å². The summed E-state index contributed by atoms with van der Waals surface area (Å²) < 4.78 is 11.1. The van der Waals surface area contributed by atoms with Gasteiger partial charge in [-0.1, -0.05) is 54.1 Å². The van der Waals surface area contributed by atoms with Gasteiger partial charge < -0.3 is 19.7 Å². The zero-order valence-corrected chi connectivity index (χ0v) is 22.9. The first-order valence-corrected chi connectivity index (χ1v) is 13.4. The van der Waals surface area contributed by atoms with Crippen molar-refractivity contribution in [3.8, 4) is 0 Å². The molecule has 1 aromatic heterocycles. The van der Waals surface area contributed by atoms with Crippen molar-refractivity contribution >= 4 is 39.9 Å². The van der Waals surface area contributed by atoms with Crippen molar-refractivity contribution < 1.29 is 14.3 Å². The maximum Gasteiger partial charge on any atom is 0.255 e. The second-order valence-electron chi connectivity index (χ2n) is 10.0. The third-order valence-electron chi connectivity index (χ3n) is 7.07. The third-order valence-corrected chi connectivity index (χ3v) is 7.07. The van der Waals surface area contributed by atoms with Crippen LogP contribution in [0.4, 0.5) is 17.1 Å². The van der Waals surface area contributed by atoms with Crippen molar-refractivity contribution in [2.45, 2.75) is 13.3 Å². The number of hydrogen-bond acceptors (Lipinski definition) is 5. The van der Waals surface area contributed by atoms with Gasteiger partial charge in [0.05, 0.1) is 11.2 Å². The number of H-pyrrole nitrogens is 1. The molecule has 7 nitrogen and oxygen atoms in total. The van der Waals surface area contributed by atoms with E-state index in [0.29, 0.717) is 12.0 Å². The summed E-state index contributed by atoms with van der Waals surface area (Å²) in [5.74, 6) is 0.589. The lowest BCUT2D eigenvalue weighted by molar-refractivity contribution is 0.0830. The Balaban J connectivity index is 1.24. The minimum Gasteiger partial charge on any atom is -0.461 e. The Morgan fingerprint density at radius 1 is 0.976 bits per heavy atom. The normalized spacial score (nSPS) is 12.9. The van der Waals surface area contributed by atoms with Crippen LogP contribution in [0.2, 0.25) is 0 Å². The molecule has 6 rings (SSSR count). The second-order valence-corrected chi connectivity index (χ2v) is 10.0. The molecular weight excluding hydrogens is 512 g/mol. The number of hydrogen-bond donors (Lipinski definition) is 2. The average Bonchev–Trinajstić information content (AvgIpc) is 3.68. The fourth-order valence-electron chi connectivity index (χ4n) is 4.88. The molecule has 0 atom stereocenters. The summed E-state index contributed by atoms with van der Waals surface area (Å²) in [4.78, 5) is 14.8. The monoisotopic (exact) mass is 542 g/mol. The summed E-state index contributed by atoms with van der Waals surface area (Å²) in [5, 5.41) is 11.8. The van der Waals surface area contributed by atoms with E-state index in [1.807, 2.05) is 86.8 Å². The van der Waals surface area contributed by atoms with E-state index in [1.54, 1.807) is 6.26 Å². The van der Waals surface area contributed by atoms with Gasteiger partial charge in [0.1, 0.15) is 6.26 Å². The van der Waals surface area contributed by atoms with Gasteiger partial charge in [-0.2, -0.15) is 5.10 Å². The first-order chi connectivity index (χ1) is 20.0. The molecule has 204 valence electrons. The number of carbonyl (C=O) groups excluding carboxylic acids is 1. The molecule has 0 spiro atoms. The Morgan fingerprint density at radius 3 is 2.61 bits per heavy atom. The molecule has 0 unspecified atom stereocenters. The van der Waals surface area contributed by atoms with Gasteiger partial charge >= 0.3 is 0 Å². The molecule has 0 aliphatic carbocycles. The lowest BCUT2D eigenvalue weighted by Crippen LogP contribution is -2.13. The molecule has 0 saturated carbocycles. The van der Waals surface area contributed by atoms with E-state index in [4.69, 9.17) is 9.47 Å². The van der Waals surface area contributed by atoms with Crippen LogP contribution >= 0.6 is 0 Å². The van der Waals surface area contributed by atoms with E-state index in [0.717, 1.165) is 50.6 Å². The number of fused-ring (bicyclic) bond motifs is 1. The van der Waals surface area contributed by atoms with Gasteiger partial charge in [0, 0.05) is 47.1 Å². The number of nitrogens with zero attached hydrogens (tertiary/aromatic N) is 2. The molecule has 1 aliphatic rings. The highest BCUT2D eigenvalue weighted by Crippen LogP contribution is 2.31.